The maximum Gasteiger partial charge on any atom is 0.418 e. The average Bonchev–Trinajstić information content (AvgIpc) is 2.59. The van der Waals surface area contributed by atoms with E-state index in [2.05, 4.69) is 5.32 Å². The van der Waals surface area contributed by atoms with Gasteiger partial charge in [-0.3, -0.25) is 9.59 Å². The standard InChI is InChI=1S/C18H14F3N3O2/c1-12(25)24(16-8-3-2-7-15(16)18(19,20)21)11-17(26)23-14-6-4-5-13(9-14)10-22/h2-9H,11H2,1H3,(H,23,26). The first kappa shape index (κ1) is 19.0. The number of hydrogen-bond acceptors (Lipinski definition) is 3. The number of benzene rings is 2. The largest absolute Gasteiger partial charge is 0.418 e. The van der Waals surface area contributed by atoms with Crippen LogP contribution in [0.25, 0.3) is 0 Å². The van der Waals surface area contributed by atoms with Gasteiger partial charge in [-0.25, -0.2) is 0 Å². The van der Waals surface area contributed by atoms with E-state index in [1.807, 2.05) is 6.07 Å². The molecule has 0 radical (unpaired) electrons. The van der Waals surface area contributed by atoms with Gasteiger partial charge in [0.05, 0.1) is 22.9 Å². The fraction of sp³-hybridized carbons (Fsp3) is 0.167. The highest BCUT2D eigenvalue weighted by Crippen LogP contribution is 2.36. The van der Waals surface area contributed by atoms with Gasteiger partial charge in [0, 0.05) is 12.6 Å². The molecular formula is C18H14F3N3O2. The molecule has 0 aromatic heterocycles. The molecule has 0 aliphatic rings. The van der Waals surface area contributed by atoms with E-state index in [0.29, 0.717) is 11.3 Å². The van der Waals surface area contributed by atoms with Crippen molar-refractivity contribution in [1.82, 2.24) is 0 Å². The molecule has 5 nitrogen and oxygen atoms in total. The third kappa shape index (κ3) is 4.60. The molecule has 2 rings (SSSR count). The fourth-order valence-electron chi connectivity index (χ4n) is 2.33. The van der Waals surface area contributed by atoms with Crippen LogP contribution in [0.3, 0.4) is 0 Å². The van der Waals surface area contributed by atoms with Crippen LogP contribution in [0.1, 0.15) is 18.1 Å². The predicted octanol–water partition coefficient (Wildman–Crippen LogP) is 3.57. The van der Waals surface area contributed by atoms with Crippen LogP contribution in [0.15, 0.2) is 48.5 Å². The Morgan fingerprint density at radius 3 is 2.46 bits per heavy atom. The van der Waals surface area contributed by atoms with E-state index in [9.17, 15) is 22.8 Å². The lowest BCUT2D eigenvalue weighted by Crippen LogP contribution is -2.37. The smallest absolute Gasteiger partial charge is 0.324 e. The number of nitrogens with one attached hydrogen (secondary N) is 1. The van der Waals surface area contributed by atoms with Crippen LogP contribution in [-0.2, 0) is 15.8 Å². The summed E-state index contributed by atoms with van der Waals surface area (Å²) in [4.78, 5) is 24.8. The molecule has 0 bridgehead atoms. The Morgan fingerprint density at radius 2 is 1.85 bits per heavy atom. The van der Waals surface area contributed by atoms with Crippen LogP contribution in [0.2, 0.25) is 0 Å². The summed E-state index contributed by atoms with van der Waals surface area (Å²) in [7, 11) is 0. The molecule has 0 heterocycles. The molecule has 2 aromatic carbocycles. The molecule has 0 saturated carbocycles. The number of nitriles is 1. The van der Waals surface area contributed by atoms with Gasteiger partial charge in [0.15, 0.2) is 0 Å². The molecule has 0 unspecified atom stereocenters. The molecule has 0 aliphatic carbocycles. The number of nitrogens with zero attached hydrogens (tertiary/aromatic N) is 2. The first-order valence-corrected chi connectivity index (χ1v) is 7.46. The minimum atomic E-state index is -4.66. The minimum absolute atomic E-state index is 0.307. The summed E-state index contributed by atoms with van der Waals surface area (Å²) in [5.41, 5.74) is -0.779. The highest BCUT2D eigenvalue weighted by Gasteiger charge is 2.35. The Bertz CT molecular complexity index is 872. The lowest BCUT2D eigenvalue weighted by atomic mass is 10.1. The molecule has 0 atom stereocenters. The van der Waals surface area contributed by atoms with Gasteiger partial charge < -0.3 is 10.2 Å². The van der Waals surface area contributed by atoms with Gasteiger partial charge in [0.1, 0.15) is 6.54 Å². The molecular weight excluding hydrogens is 347 g/mol. The SMILES string of the molecule is CC(=O)N(CC(=O)Nc1cccc(C#N)c1)c1ccccc1C(F)(F)F. The summed E-state index contributed by atoms with van der Waals surface area (Å²) in [5.74, 6) is -1.39. The van der Waals surface area contributed by atoms with Crippen molar-refractivity contribution in [3.8, 4) is 6.07 Å². The van der Waals surface area contributed by atoms with Crippen molar-refractivity contribution < 1.29 is 22.8 Å². The molecule has 8 heteroatoms. The molecule has 0 saturated heterocycles. The van der Waals surface area contributed by atoms with Gasteiger partial charge in [0.2, 0.25) is 11.8 Å². The Labute approximate surface area is 147 Å². The number of alkyl halides is 3. The third-order valence-corrected chi connectivity index (χ3v) is 3.46. The van der Waals surface area contributed by atoms with Crippen molar-refractivity contribution in [2.75, 3.05) is 16.8 Å². The molecule has 1 N–H and O–H groups in total. The van der Waals surface area contributed by atoms with Crippen molar-refractivity contribution in [3.63, 3.8) is 0 Å². The highest BCUT2D eigenvalue weighted by atomic mass is 19.4. The number of carbonyl (C=O) groups excluding carboxylic acids is 2. The zero-order valence-corrected chi connectivity index (χ0v) is 13.7. The predicted molar refractivity (Wildman–Crippen MR) is 89.3 cm³/mol. The number of rotatable bonds is 4. The van der Waals surface area contributed by atoms with Gasteiger partial charge in [-0.15, -0.1) is 0 Å². The molecule has 134 valence electrons. The van der Waals surface area contributed by atoms with Crippen LogP contribution in [-0.4, -0.2) is 18.4 Å². The van der Waals surface area contributed by atoms with Crippen LogP contribution in [0.5, 0.6) is 0 Å². The molecule has 0 aliphatic heterocycles. The number of para-hydroxylation sites is 1. The number of hydrogen-bond donors (Lipinski definition) is 1. The Morgan fingerprint density at radius 1 is 1.15 bits per heavy atom. The molecule has 26 heavy (non-hydrogen) atoms. The van der Waals surface area contributed by atoms with Crippen LogP contribution >= 0.6 is 0 Å². The second kappa shape index (κ2) is 7.70. The summed E-state index contributed by atoms with van der Waals surface area (Å²) < 4.78 is 39.5. The van der Waals surface area contributed by atoms with Gasteiger partial charge in [-0.1, -0.05) is 18.2 Å². The van der Waals surface area contributed by atoms with Crippen molar-refractivity contribution in [3.05, 3.63) is 59.7 Å². The van der Waals surface area contributed by atoms with Crippen molar-refractivity contribution in [2.45, 2.75) is 13.1 Å². The second-order valence-corrected chi connectivity index (χ2v) is 5.36. The van der Waals surface area contributed by atoms with E-state index in [4.69, 9.17) is 5.26 Å². The van der Waals surface area contributed by atoms with Gasteiger partial charge in [-0.05, 0) is 30.3 Å². The monoisotopic (exact) mass is 361 g/mol. The van der Waals surface area contributed by atoms with E-state index >= 15 is 0 Å². The van der Waals surface area contributed by atoms with E-state index in [1.54, 1.807) is 6.07 Å². The van der Waals surface area contributed by atoms with E-state index in [-0.39, 0.29) is 0 Å². The van der Waals surface area contributed by atoms with E-state index in [0.717, 1.165) is 24.0 Å². The molecule has 0 fully saturated rings. The lowest BCUT2D eigenvalue weighted by molar-refractivity contribution is -0.137. The van der Waals surface area contributed by atoms with Gasteiger partial charge in [0.25, 0.3) is 0 Å². The summed E-state index contributed by atoms with van der Waals surface area (Å²) in [6.07, 6.45) is -4.66. The average molecular weight is 361 g/mol. The first-order valence-electron chi connectivity index (χ1n) is 7.46. The summed E-state index contributed by atoms with van der Waals surface area (Å²) in [6, 6.07) is 12.5. The van der Waals surface area contributed by atoms with E-state index < -0.39 is 35.8 Å². The van der Waals surface area contributed by atoms with Crippen molar-refractivity contribution >= 4 is 23.2 Å². The Balaban J connectivity index is 2.25. The zero-order chi connectivity index (χ0) is 19.3. The number of amides is 2. The molecule has 2 amide bonds. The summed E-state index contributed by atoms with van der Waals surface area (Å²) >= 11 is 0. The van der Waals surface area contributed by atoms with Crippen molar-refractivity contribution in [1.29, 1.82) is 5.26 Å². The normalized spacial score (nSPS) is 10.7. The van der Waals surface area contributed by atoms with E-state index in [1.165, 1.54) is 30.3 Å². The Hall–Kier alpha value is -3.34. The second-order valence-electron chi connectivity index (χ2n) is 5.36. The quantitative estimate of drug-likeness (QED) is 0.905. The highest BCUT2D eigenvalue weighted by molar-refractivity contribution is 6.02. The van der Waals surface area contributed by atoms with Crippen LogP contribution in [0.4, 0.5) is 24.5 Å². The number of carbonyl (C=O) groups is 2. The van der Waals surface area contributed by atoms with Crippen LogP contribution in [0, 0.1) is 11.3 Å². The van der Waals surface area contributed by atoms with Crippen molar-refractivity contribution in [2.24, 2.45) is 0 Å². The van der Waals surface area contributed by atoms with Gasteiger partial charge in [-0.2, -0.15) is 18.4 Å². The maximum atomic E-state index is 13.2. The zero-order valence-electron chi connectivity index (χ0n) is 13.7. The van der Waals surface area contributed by atoms with Crippen LogP contribution < -0.4 is 10.2 Å². The number of halogens is 3. The third-order valence-electron chi connectivity index (χ3n) is 3.46. The Kier molecular flexibility index (Phi) is 5.62. The fourth-order valence-corrected chi connectivity index (χ4v) is 2.33. The summed E-state index contributed by atoms with van der Waals surface area (Å²) in [6.45, 7) is 0.482. The number of anilines is 2. The lowest BCUT2D eigenvalue weighted by Gasteiger charge is -2.24. The minimum Gasteiger partial charge on any atom is -0.324 e. The first-order chi connectivity index (χ1) is 12.2. The summed E-state index contributed by atoms with van der Waals surface area (Å²) in [5, 5.41) is 11.3. The molecule has 2 aromatic rings. The molecule has 0 spiro atoms. The maximum absolute atomic E-state index is 13.2. The van der Waals surface area contributed by atoms with Gasteiger partial charge >= 0.3 is 6.18 Å². The topological polar surface area (TPSA) is 73.2 Å².